The first-order valence-corrected chi connectivity index (χ1v) is 10.2. The number of carbonyl (C=O) groups is 1. The number of benzene rings is 2. The average Bonchev–Trinajstić information content (AvgIpc) is 2.83. The number of hydrogen-bond acceptors (Lipinski definition) is 5. The molecule has 0 aliphatic carbocycles. The maximum absolute atomic E-state index is 14.9. The van der Waals surface area contributed by atoms with Gasteiger partial charge in [-0.15, -0.1) is 0 Å². The number of hydrogen-bond donors (Lipinski definition) is 1. The summed E-state index contributed by atoms with van der Waals surface area (Å²) in [5, 5.41) is 12.3. The topological polar surface area (TPSA) is 75.0 Å². The predicted octanol–water partition coefficient (Wildman–Crippen LogP) is 2.78. The van der Waals surface area contributed by atoms with Gasteiger partial charge in [-0.05, 0) is 17.7 Å². The summed E-state index contributed by atoms with van der Waals surface area (Å²) in [6.45, 7) is 0.517. The SMILES string of the molecule is O=C1c2c(O)c(=O)ccn2N2CN1C/C=C\COc1c(F)cccc1C2c1ccccc1. The number of para-hydroxylation sites is 1. The molecule has 1 N–H and O–H groups in total. The highest BCUT2D eigenvalue weighted by atomic mass is 19.1. The number of aromatic hydroxyl groups is 1. The van der Waals surface area contributed by atoms with Gasteiger partial charge in [-0.1, -0.05) is 48.5 Å². The quantitative estimate of drug-likeness (QED) is 0.598. The number of rotatable bonds is 1. The molecule has 2 aliphatic heterocycles. The van der Waals surface area contributed by atoms with E-state index in [0.29, 0.717) is 5.56 Å². The summed E-state index contributed by atoms with van der Waals surface area (Å²) >= 11 is 0. The molecule has 0 saturated carbocycles. The molecular formula is C24H20FN3O4. The van der Waals surface area contributed by atoms with Crippen molar-refractivity contribution >= 4 is 5.91 Å². The van der Waals surface area contributed by atoms with Crippen LogP contribution in [0.1, 0.15) is 27.7 Å². The Morgan fingerprint density at radius 2 is 1.81 bits per heavy atom. The largest absolute Gasteiger partial charge is 0.502 e. The Labute approximate surface area is 183 Å². The van der Waals surface area contributed by atoms with Crippen LogP contribution in [0.4, 0.5) is 4.39 Å². The van der Waals surface area contributed by atoms with Gasteiger partial charge in [0, 0.05) is 24.4 Å². The number of halogens is 1. The normalized spacial score (nSPS) is 18.8. The van der Waals surface area contributed by atoms with Gasteiger partial charge in [0.25, 0.3) is 5.91 Å². The first-order valence-electron chi connectivity index (χ1n) is 10.2. The Bertz CT molecular complexity index is 1270. The molecule has 0 spiro atoms. The van der Waals surface area contributed by atoms with E-state index in [9.17, 15) is 19.1 Å². The fourth-order valence-electron chi connectivity index (χ4n) is 4.18. The fourth-order valence-corrected chi connectivity index (χ4v) is 4.18. The number of pyridine rings is 1. The zero-order valence-corrected chi connectivity index (χ0v) is 17.0. The van der Waals surface area contributed by atoms with Crippen molar-refractivity contribution in [3.8, 4) is 11.5 Å². The molecule has 1 aromatic heterocycles. The van der Waals surface area contributed by atoms with Crippen LogP contribution in [-0.4, -0.2) is 40.4 Å². The average molecular weight is 433 g/mol. The first kappa shape index (κ1) is 19.9. The summed E-state index contributed by atoms with van der Waals surface area (Å²) in [5.74, 6) is -1.46. The van der Waals surface area contributed by atoms with Crippen LogP contribution in [0.25, 0.3) is 0 Å². The maximum atomic E-state index is 14.9. The van der Waals surface area contributed by atoms with E-state index in [4.69, 9.17) is 4.74 Å². The van der Waals surface area contributed by atoms with E-state index in [-0.39, 0.29) is 31.3 Å². The molecule has 5 rings (SSSR count). The predicted molar refractivity (Wildman–Crippen MR) is 116 cm³/mol. The summed E-state index contributed by atoms with van der Waals surface area (Å²) in [7, 11) is 0. The van der Waals surface area contributed by atoms with Crippen molar-refractivity contribution in [2.75, 3.05) is 24.8 Å². The molecule has 0 fully saturated rings. The van der Waals surface area contributed by atoms with Crippen LogP contribution in [0, 0.1) is 5.82 Å². The second-order valence-electron chi connectivity index (χ2n) is 7.58. The fraction of sp³-hybridized carbons (Fsp3) is 0.167. The third-order valence-corrected chi connectivity index (χ3v) is 5.66. The number of carbonyl (C=O) groups excluding carboxylic acids is 1. The molecule has 0 saturated heterocycles. The van der Waals surface area contributed by atoms with Crippen molar-refractivity contribution in [1.82, 2.24) is 9.58 Å². The Morgan fingerprint density at radius 3 is 2.62 bits per heavy atom. The molecule has 2 aliphatic rings. The lowest BCUT2D eigenvalue weighted by molar-refractivity contribution is 0.0701. The Balaban J connectivity index is 1.82. The summed E-state index contributed by atoms with van der Waals surface area (Å²) in [6.07, 6.45) is 4.91. The van der Waals surface area contributed by atoms with Gasteiger partial charge in [-0.25, -0.2) is 4.39 Å². The van der Waals surface area contributed by atoms with Crippen molar-refractivity contribution in [1.29, 1.82) is 0 Å². The zero-order chi connectivity index (χ0) is 22.2. The number of fused-ring (bicyclic) bond motifs is 5. The highest BCUT2D eigenvalue weighted by Gasteiger charge is 2.37. The summed E-state index contributed by atoms with van der Waals surface area (Å²) in [6, 6.07) is 14.8. The highest BCUT2D eigenvalue weighted by molar-refractivity contribution is 5.96. The molecular weight excluding hydrogens is 413 g/mol. The van der Waals surface area contributed by atoms with Crippen LogP contribution in [0.2, 0.25) is 0 Å². The van der Waals surface area contributed by atoms with Gasteiger partial charge < -0.3 is 14.7 Å². The van der Waals surface area contributed by atoms with E-state index in [1.54, 1.807) is 24.3 Å². The lowest BCUT2D eigenvalue weighted by atomic mass is 9.96. The zero-order valence-electron chi connectivity index (χ0n) is 17.0. The molecule has 1 unspecified atom stereocenters. The highest BCUT2D eigenvalue weighted by Crippen LogP contribution is 2.38. The van der Waals surface area contributed by atoms with Crippen molar-refractivity contribution in [3.63, 3.8) is 0 Å². The molecule has 32 heavy (non-hydrogen) atoms. The summed E-state index contributed by atoms with van der Waals surface area (Å²) in [5.41, 5.74) is 0.618. The summed E-state index contributed by atoms with van der Waals surface area (Å²) < 4.78 is 22.2. The van der Waals surface area contributed by atoms with Gasteiger partial charge in [0.2, 0.25) is 5.43 Å². The lowest BCUT2D eigenvalue weighted by Crippen LogP contribution is -2.55. The molecule has 8 heteroatoms. The van der Waals surface area contributed by atoms with Gasteiger partial charge in [0.1, 0.15) is 19.3 Å². The van der Waals surface area contributed by atoms with Crippen LogP contribution in [-0.2, 0) is 0 Å². The van der Waals surface area contributed by atoms with Crippen LogP contribution in [0.3, 0.4) is 0 Å². The number of amides is 1. The van der Waals surface area contributed by atoms with E-state index in [2.05, 4.69) is 0 Å². The molecule has 1 amide bonds. The van der Waals surface area contributed by atoms with Gasteiger partial charge >= 0.3 is 0 Å². The van der Waals surface area contributed by atoms with Gasteiger partial charge in [-0.3, -0.25) is 19.3 Å². The molecule has 1 atom stereocenters. The lowest BCUT2D eigenvalue weighted by Gasteiger charge is -2.43. The van der Waals surface area contributed by atoms with E-state index in [1.165, 1.54) is 27.9 Å². The molecule has 2 bridgehead atoms. The first-order chi connectivity index (χ1) is 15.6. The third-order valence-electron chi connectivity index (χ3n) is 5.66. The van der Waals surface area contributed by atoms with E-state index < -0.39 is 28.9 Å². The second-order valence-corrected chi connectivity index (χ2v) is 7.58. The standard InChI is InChI=1S/C24H20FN3O4/c25-18-10-6-9-17-20(16-7-2-1-3-8-16)28-15-26(12-4-5-14-32-23(17)18)24(31)21-22(30)19(29)11-13-27(21)28/h1-11,13,20,30H,12,14-15H2/b5-4-. The molecule has 0 radical (unpaired) electrons. The maximum Gasteiger partial charge on any atom is 0.278 e. The smallest absolute Gasteiger partial charge is 0.278 e. The Kier molecular flexibility index (Phi) is 4.89. The molecule has 3 aromatic rings. The molecule has 2 aromatic carbocycles. The van der Waals surface area contributed by atoms with E-state index in [0.717, 1.165) is 5.56 Å². The van der Waals surface area contributed by atoms with Crippen LogP contribution < -0.4 is 15.2 Å². The number of nitrogens with zero attached hydrogens (tertiary/aromatic N) is 3. The second kappa shape index (κ2) is 7.88. The monoisotopic (exact) mass is 433 g/mol. The van der Waals surface area contributed by atoms with E-state index in [1.807, 2.05) is 35.3 Å². The van der Waals surface area contributed by atoms with Crippen LogP contribution in [0.15, 0.2) is 77.7 Å². The van der Waals surface area contributed by atoms with Crippen molar-refractivity contribution in [2.24, 2.45) is 0 Å². The Morgan fingerprint density at radius 1 is 1.00 bits per heavy atom. The molecule has 162 valence electrons. The third kappa shape index (κ3) is 3.20. The minimum atomic E-state index is -0.641. The molecule has 3 heterocycles. The van der Waals surface area contributed by atoms with Crippen molar-refractivity contribution in [2.45, 2.75) is 6.04 Å². The van der Waals surface area contributed by atoms with Gasteiger partial charge in [0.05, 0.1) is 0 Å². The van der Waals surface area contributed by atoms with Gasteiger partial charge in [0.15, 0.2) is 23.0 Å². The van der Waals surface area contributed by atoms with Crippen LogP contribution >= 0.6 is 0 Å². The number of ether oxygens (including phenoxy) is 1. The minimum Gasteiger partial charge on any atom is -0.502 e. The number of aromatic nitrogens is 1. The van der Waals surface area contributed by atoms with Crippen molar-refractivity contribution in [3.05, 3.63) is 106 Å². The van der Waals surface area contributed by atoms with E-state index >= 15 is 0 Å². The minimum absolute atomic E-state index is 0.114. The summed E-state index contributed by atoms with van der Waals surface area (Å²) in [4.78, 5) is 26.8. The Hall–Kier alpha value is -4.07. The van der Waals surface area contributed by atoms with Gasteiger partial charge in [-0.2, -0.15) is 0 Å². The van der Waals surface area contributed by atoms with Crippen LogP contribution in [0.5, 0.6) is 11.5 Å². The van der Waals surface area contributed by atoms with Crippen molar-refractivity contribution < 1.29 is 19.0 Å². The molecule has 7 nitrogen and oxygen atoms in total.